The number of hydrogen-bond donors (Lipinski definition) is 3. The van der Waals surface area contributed by atoms with Gasteiger partial charge in [0.1, 0.15) is 12.4 Å². The first-order valence-corrected chi connectivity index (χ1v) is 13.6. The van der Waals surface area contributed by atoms with Gasteiger partial charge in [0.25, 0.3) is 5.91 Å². The van der Waals surface area contributed by atoms with Gasteiger partial charge in [-0.25, -0.2) is 4.98 Å². The summed E-state index contributed by atoms with van der Waals surface area (Å²) < 4.78 is 46.4. The Bertz CT molecular complexity index is 1690. The third-order valence-corrected chi connectivity index (χ3v) is 7.26. The van der Waals surface area contributed by atoms with Crippen LogP contribution >= 0.6 is 23.2 Å². The van der Waals surface area contributed by atoms with Gasteiger partial charge >= 0.3 is 10.2 Å². The monoisotopic (exact) mass is 605 g/mol. The third-order valence-electron chi connectivity index (χ3n) is 5.68. The van der Waals surface area contributed by atoms with Gasteiger partial charge in [0.15, 0.2) is 11.5 Å². The van der Waals surface area contributed by atoms with Crippen molar-refractivity contribution in [3.8, 4) is 22.6 Å². The van der Waals surface area contributed by atoms with Crippen LogP contribution in [0.5, 0.6) is 11.5 Å². The lowest BCUT2D eigenvalue weighted by atomic mass is 10.0. The summed E-state index contributed by atoms with van der Waals surface area (Å²) in [5.41, 5.74) is 14.4. The number of rotatable bonds is 9. The van der Waals surface area contributed by atoms with E-state index < -0.39 is 21.0 Å². The number of carbonyl (C=O) groups excluding carboxylic acids is 1. The summed E-state index contributed by atoms with van der Waals surface area (Å²) >= 11 is 12.2. The van der Waals surface area contributed by atoms with Gasteiger partial charge in [-0.2, -0.15) is 13.4 Å². The normalized spacial score (nSPS) is 11.2. The lowest BCUT2D eigenvalue weighted by Crippen LogP contribution is -2.22. The van der Waals surface area contributed by atoms with Crippen LogP contribution in [0.25, 0.3) is 11.1 Å². The Hall–Kier alpha value is -4.13. The maximum Gasteiger partial charge on any atom is 0.332 e. The Morgan fingerprint density at radius 1 is 0.975 bits per heavy atom. The molecule has 4 rings (SSSR count). The number of methoxy groups -OCH3 is 1. The number of anilines is 2. The minimum atomic E-state index is -4.85. The summed E-state index contributed by atoms with van der Waals surface area (Å²) in [5.74, 6) is 0.407. The van der Waals surface area contributed by atoms with Gasteiger partial charge in [-0.05, 0) is 59.7 Å². The number of nitrogens with two attached hydrogens (primary N) is 2. The van der Waals surface area contributed by atoms with Crippen molar-refractivity contribution in [2.45, 2.75) is 18.0 Å². The topological polar surface area (TPSA) is 160 Å². The molecule has 0 fully saturated rings. The van der Waals surface area contributed by atoms with Gasteiger partial charge < -0.3 is 26.3 Å². The largest absolute Gasteiger partial charge is 0.493 e. The van der Waals surface area contributed by atoms with Crippen molar-refractivity contribution < 1.29 is 26.6 Å². The van der Waals surface area contributed by atoms with E-state index in [1.54, 1.807) is 36.4 Å². The van der Waals surface area contributed by atoms with Gasteiger partial charge in [0.05, 0.1) is 27.7 Å². The second-order valence-electron chi connectivity index (χ2n) is 8.34. The Kier molecular flexibility index (Phi) is 8.62. The van der Waals surface area contributed by atoms with Gasteiger partial charge in [0, 0.05) is 17.7 Å². The van der Waals surface area contributed by atoms with Crippen molar-refractivity contribution in [1.29, 1.82) is 0 Å². The first kappa shape index (κ1) is 28.9. The summed E-state index contributed by atoms with van der Waals surface area (Å²) in [6, 6.07) is 14.5. The molecular formula is C26H22Cl2FN5O5S. The first-order chi connectivity index (χ1) is 19.0. The van der Waals surface area contributed by atoms with E-state index >= 15 is 0 Å². The maximum atomic E-state index is 13.1. The van der Waals surface area contributed by atoms with Crippen LogP contribution in [-0.4, -0.2) is 31.4 Å². The molecule has 0 aliphatic heterocycles. The predicted molar refractivity (Wildman–Crippen MR) is 150 cm³/mol. The van der Waals surface area contributed by atoms with Gasteiger partial charge in [0.2, 0.25) is 5.95 Å². The number of nitrogens with zero attached hydrogens (tertiary/aromatic N) is 2. The number of hydrogen-bond acceptors (Lipinski definition) is 9. The fourth-order valence-electron chi connectivity index (χ4n) is 3.76. The molecule has 0 aliphatic carbocycles. The highest BCUT2D eigenvalue weighted by atomic mass is 35.5. The molecular weight excluding hydrogens is 584 g/mol. The van der Waals surface area contributed by atoms with Crippen molar-refractivity contribution in [2.24, 2.45) is 0 Å². The van der Waals surface area contributed by atoms with Crippen LogP contribution in [0, 0.1) is 0 Å². The number of amides is 1. The fraction of sp³-hybridized carbons (Fsp3) is 0.115. The summed E-state index contributed by atoms with van der Waals surface area (Å²) in [6.07, 6.45) is 0. The second kappa shape index (κ2) is 11.9. The van der Waals surface area contributed by atoms with Crippen molar-refractivity contribution in [3.05, 3.63) is 87.5 Å². The minimum absolute atomic E-state index is 0.0288. The number of benzene rings is 3. The van der Waals surface area contributed by atoms with Crippen LogP contribution in [-0.2, 0) is 23.4 Å². The molecule has 0 saturated heterocycles. The predicted octanol–water partition coefficient (Wildman–Crippen LogP) is 4.79. The molecule has 0 aliphatic rings. The highest BCUT2D eigenvalue weighted by Crippen LogP contribution is 2.35. The Labute approximate surface area is 239 Å². The molecule has 5 N–H and O–H groups in total. The number of ether oxygens (including phenoxy) is 2. The molecule has 40 heavy (non-hydrogen) atoms. The van der Waals surface area contributed by atoms with Crippen molar-refractivity contribution in [2.75, 3.05) is 18.6 Å². The zero-order valence-electron chi connectivity index (χ0n) is 20.8. The molecule has 0 bridgehead atoms. The highest BCUT2D eigenvalue weighted by molar-refractivity contribution is 7.86. The molecule has 3 aromatic carbocycles. The zero-order chi connectivity index (χ0) is 29.0. The van der Waals surface area contributed by atoms with Crippen molar-refractivity contribution in [1.82, 2.24) is 15.3 Å². The quantitative estimate of drug-likeness (QED) is 0.228. The Morgan fingerprint density at radius 2 is 1.70 bits per heavy atom. The maximum absolute atomic E-state index is 13.1. The molecule has 4 aromatic rings. The lowest BCUT2D eigenvalue weighted by molar-refractivity contribution is 0.0950. The van der Waals surface area contributed by atoms with Gasteiger partial charge in [-0.3, -0.25) is 4.79 Å². The molecule has 1 aromatic heterocycles. The van der Waals surface area contributed by atoms with Gasteiger partial charge in [-0.15, -0.1) is 3.89 Å². The van der Waals surface area contributed by atoms with E-state index in [2.05, 4.69) is 15.3 Å². The average molecular weight is 606 g/mol. The van der Waals surface area contributed by atoms with Crippen LogP contribution in [0.15, 0.2) is 65.6 Å². The van der Waals surface area contributed by atoms with Gasteiger partial charge in [-0.1, -0.05) is 35.3 Å². The molecule has 0 radical (unpaired) electrons. The lowest BCUT2D eigenvalue weighted by Gasteiger charge is -2.16. The number of carbonyl (C=O) groups is 1. The third kappa shape index (κ3) is 6.71. The molecule has 1 heterocycles. The summed E-state index contributed by atoms with van der Waals surface area (Å²) in [7, 11) is -3.38. The van der Waals surface area contributed by atoms with Crippen LogP contribution in [0.2, 0.25) is 10.0 Å². The molecule has 0 spiro atoms. The van der Waals surface area contributed by atoms with E-state index in [1.807, 2.05) is 0 Å². The molecule has 0 unspecified atom stereocenters. The molecule has 0 atom stereocenters. The molecule has 1 amide bonds. The van der Waals surface area contributed by atoms with Crippen LogP contribution in [0.3, 0.4) is 0 Å². The highest BCUT2D eigenvalue weighted by Gasteiger charge is 2.17. The second-order valence-corrected chi connectivity index (χ2v) is 10.5. The Morgan fingerprint density at radius 3 is 2.35 bits per heavy atom. The molecule has 14 heteroatoms. The van der Waals surface area contributed by atoms with E-state index in [1.165, 1.54) is 19.2 Å². The van der Waals surface area contributed by atoms with Crippen LogP contribution < -0.4 is 26.3 Å². The fourth-order valence-corrected chi connectivity index (χ4v) is 4.52. The number of nitrogen functional groups attached to an aromatic ring is 2. The number of halogens is 3. The smallest absolute Gasteiger partial charge is 0.332 e. The number of aromatic nitrogens is 2. The average Bonchev–Trinajstić information content (AvgIpc) is 2.91. The molecule has 0 saturated carbocycles. The van der Waals surface area contributed by atoms with E-state index in [9.17, 15) is 17.1 Å². The van der Waals surface area contributed by atoms with Crippen molar-refractivity contribution >= 4 is 51.1 Å². The standard InChI is InChI=1S/C26H22Cl2FN5O5S/c1-38-22-10-14(12-32-25(35)15-3-6-17(7-4-15)40(29,36)37)2-9-21(22)39-13-20-23(24(30)34-26(31)33-20)16-5-8-18(27)19(28)11-16/h2-11H,12-13H2,1H3,(H,32,35)(H4,30,31,33,34). The van der Waals surface area contributed by atoms with E-state index in [0.717, 1.165) is 12.1 Å². The minimum Gasteiger partial charge on any atom is -0.493 e. The summed E-state index contributed by atoms with van der Waals surface area (Å²) in [5, 5.41) is 3.41. The Balaban J connectivity index is 1.48. The molecule has 10 nitrogen and oxygen atoms in total. The first-order valence-electron chi connectivity index (χ1n) is 11.5. The van der Waals surface area contributed by atoms with E-state index in [0.29, 0.717) is 43.9 Å². The molecule has 208 valence electrons. The van der Waals surface area contributed by atoms with Crippen molar-refractivity contribution in [3.63, 3.8) is 0 Å². The van der Waals surface area contributed by atoms with E-state index in [4.69, 9.17) is 44.1 Å². The van der Waals surface area contributed by atoms with E-state index in [-0.39, 0.29) is 30.5 Å². The summed E-state index contributed by atoms with van der Waals surface area (Å²) in [4.78, 5) is 20.3. The zero-order valence-corrected chi connectivity index (χ0v) is 23.1. The van der Waals surface area contributed by atoms with Crippen LogP contribution in [0.4, 0.5) is 15.7 Å². The summed E-state index contributed by atoms with van der Waals surface area (Å²) in [6.45, 7) is 0.0859. The SMILES string of the molecule is COc1cc(CNC(=O)c2ccc(S(=O)(=O)F)cc2)ccc1OCc1nc(N)nc(N)c1-c1ccc(Cl)c(Cl)c1. The van der Waals surface area contributed by atoms with Crippen LogP contribution in [0.1, 0.15) is 21.6 Å². The number of nitrogens with one attached hydrogen (secondary N) is 1.